The lowest BCUT2D eigenvalue weighted by atomic mass is 10.2. The first-order chi connectivity index (χ1) is 13.7. The smallest absolute Gasteiger partial charge is 0.267 e. The molecule has 0 saturated carbocycles. The molecule has 0 aliphatic heterocycles. The summed E-state index contributed by atoms with van der Waals surface area (Å²) in [6.45, 7) is 0. The fraction of sp³-hybridized carbons (Fsp3) is 0. The Balaban J connectivity index is 1.81. The third-order valence-corrected chi connectivity index (χ3v) is 3.98. The number of rotatable bonds is 4. The molecule has 3 nitrogen and oxygen atoms in total. The highest BCUT2D eigenvalue weighted by atomic mass is 35.5. The van der Waals surface area contributed by atoms with E-state index in [0.717, 1.165) is 11.1 Å². The Morgan fingerprint density at radius 3 is 2.21 bits per heavy atom. The summed E-state index contributed by atoms with van der Waals surface area (Å²) in [4.78, 5) is 12.3. The molecule has 1 amide bonds. The Hall–Kier alpha value is -3.61. The molecule has 4 heteroatoms. The van der Waals surface area contributed by atoms with Crippen molar-refractivity contribution in [3.05, 3.63) is 113 Å². The number of allylic oxidation sites excluding steroid dienone is 1. The van der Waals surface area contributed by atoms with Crippen LogP contribution in [0.5, 0.6) is 0 Å². The van der Waals surface area contributed by atoms with Gasteiger partial charge in [-0.15, -0.1) is 0 Å². The highest BCUT2D eigenvalue weighted by Crippen LogP contribution is 2.09. The largest absolute Gasteiger partial charge is 0.271 e. The molecule has 136 valence electrons. The van der Waals surface area contributed by atoms with Crippen molar-refractivity contribution in [1.29, 1.82) is 0 Å². The predicted octanol–water partition coefficient (Wildman–Crippen LogP) is 5.19. The van der Waals surface area contributed by atoms with Crippen molar-refractivity contribution in [3.63, 3.8) is 0 Å². The van der Waals surface area contributed by atoms with E-state index in [1.807, 2.05) is 66.7 Å². The summed E-state index contributed by atoms with van der Waals surface area (Å²) in [5.41, 5.74) is 5.33. The van der Waals surface area contributed by atoms with Gasteiger partial charge in [-0.2, -0.15) is 5.10 Å². The highest BCUT2D eigenvalue weighted by molar-refractivity contribution is 6.30. The van der Waals surface area contributed by atoms with Crippen LogP contribution in [0.15, 0.2) is 96.1 Å². The van der Waals surface area contributed by atoms with E-state index in [9.17, 15) is 4.79 Å². The molecular weight excluding hydrogens is 368 g/mol. The maximum Gasteiger partial charge on any atom is 0.271 e. The van der Waals surface area contributed by atoms with Gasteiger partial charge in [0.2, 0.25) is 0 Å². The molecule has 0 aliphatic rings. The number of nitrogens with zero attached hydrogens (tertiary/aromatic N) is 1. The second-order valence-electron chi connectivity index (χ2n) is 5.80. The average molecular weight is 385 g/mol. The van der Waals surface area contributed by atoms with Crippen molar-refractivity contribution in [1.82, 2.24) is 5.43 Å². The van der Waals surface area contributed by atoms with E-state index in [0.29, 0.717) is 16.3 Å². The summed E-state index contributed by atoms with van der Waals surface area (Å²) in [5, 5.41) is 4.75. The molecule has 0 spiro atoms. The quantitative estimate of drug-likeness (QED) is 0.375. The maximum absolute atomic E-state index is 12.3. The first kappa shape index (κ1) is 19.2. The highest BCUT2D eigenvalue weighted by Gasteiger charge is 2.04. The molecule has 0 radical (unpaired) electrons. The summed E-state index contributed by atoms with van der Waals surface area (Å²) in [7, 11) is 0. The number of hydrazone groups is 1. The second kappa shape index (κ2) is 9.91. The summed E-state index contributed by atoms with van der Waals surface area (Å²) in [6, 6.07) is 26.0. The molecular formula is C24H17ClN2O. The Morgan fingerprint density at radius 1 is 0.893 bits per heavy atom. The molecule has 0 unspecified atom stereocenters. The normalized spacial score (nSPS) is 11.0. The van der Waals surface area contributed by atoms with E-state index in [-0.39, 0.29) is 5.91 Å². The third kappa shape index (κ3) is 5.98. The van der Waals surface area contributed by atoms with Crippen molar-refractivity contribution < 1.29 is 4.79 Å². The van der Waals surface area contributed by atoms with Crippen LogP contribution >= 0.6 is 11.6 Å². The van der Waals surface area contributed by atoms with Gasteiger partial charge in [0.25, 0.3) is 5.91 Å². The van der Waals surface area contributed by atoms with E-state index in [1.54, 1.807) is 30.3 Å². The third-order valence-electron chi connectivity index (χ3n) is 3.73. The lowest BCUT2D eigenvalue weighted by Crippen LogP contribution is -2.18. The van der Waals surface area contributed by atoms with E-state index in [4.69, 9.17) is 11.6 Å². The SMILES string of the molecule is O=C(NN=C(C#Cc1ccccc1)C=Cc1ccccc1)c1ccc(Cl)cc1. The molecule has 3 aromatic carbocycles. The van der Waals surface area contributed by atoms with Gasteiger partial charge in [0.15, 0.2) is 0 Å². The van der Waals surface area contributed by atoms with Gasteiger partial charge in [0, 0.05) is 16.1 Å². The van der Waals surface area contributed by atoms with Crippen molar-refractivity contribution in [2.45, 2.75) is 0 Å². The second-order valence-corrected chi connectivity index (χ2v) is 6.24. The first-order valence-corrected chi connectivity index (χ1v) is 9.02. The molecule has 3 rings (SSSR count). The lowest BCUT2D eigenvalue weighted by molar-refractivity contribution is 0.0955. The number of nitrogens with one attached hydrogen (secondary N) is 1. The van der Waals surface area contributed by atoms with Gasteiger partial charge in [-0.3, -0.25) is 4.79 Å². The molecule has 28 heavy (non-hydrogen) atoms. The van der Waals surface area contributed by atoms with E-state index >= 15 is 0 Å². The lowest BCUT2D eigenvalue weighted by Gasteiger charge is -2.00. The zero-order valence-corrected chi connectivity index (χ0v) is 15.7. The van der Waals surface area contributed by atoms with E-state index < -0.39 is 0 Å². The molecule has 1 N–H and O–H groups in total. The van der Waals surface area contributed by atoms with Crippen molar-refractivity contribution in [3.8, 4) is 11.8 Å². The zero-order valence-electron chi connectivity index (χ0n) is 15.0. The van der Waals surface area contributed by atoms with E-state index in [1.165, 1.54) is 0 Å². The predicted molar refractivity (Wildman–Crippen MR) is 115 cm³/mol. The fourth-order valence-electron chi connectivity index (χ4n) is 2.28. The van der Waals surface area contributed by atoms with Gasteiger partial charge in [-0.25, -0.2) is 5.43 Å². The minimum absolute atomic E-state index is 0.330. The maximum atomic E-state index is 12.3. The number of carbonyl (C=O) groups excluding carboxylic acids is 1. The molecule has 0 atom stereocenters. The molecule has 0 fully saturated rings. The summed E-state index contributed by atoms with van der Waals surface area (Å²) in [5.74, 6) is 5.72. The molecule has 3 aromatic rings. The number of carbonyl (C=O) groups is 1. The van der Waals surface area contributed by atoms with Crippen LogP contribution in [0.25, 0.3) is 6.08 Å². The van der Waals surface area contributed by atoms with Gasteiger partial charge >= 0.3 is 0 Å². The van der Waals surface area contributed by atoms with Crippen molar-refractivity contribution >= 4 is 29.3 Å². The van der Waals surface area contributed by atoms with Crippen LogP contribution in [0.1, 0.15) is 21.5 Å². The zero-order chi connectivity index (χ0) is 19.6. The van der Waals surface area contributed by atoms with Gasteiger partial charge in [-0.1, -0.05) is 72.1 Å². The monoisotopic (exact) mass is 384 g/mol. The number of benzene rings is 3. The van der Waals surface area contributed by atoms with Crippen LogP contribution in [0.4, 0.5) is 0 Å². The van der Waals surface area contributed by atoms with Crippen LogP contribution < -0.4 is 5.43 Å². The first-order valence-electron chi connectivity index (χ1n) is 8.64. The van der Waals surface area contributed by atoms with Gasteiger partial charge in [0.05, 0.1) is 0 Å². The van der Waals surface area contributed by atoms with Crippen molar-refractivity contribution in [2.75, 3.05) is 0 Å². The van der Waals surface area contributed by atoms with Crippen LogP contribution in [-0.2, 0) is 0 Å². The minimum Gasteiger partial charge on any atom is -0.267 e. The van der Waals surface area contributed by atoms with Crippen LogP contribution in [0, 0.1) is 11.8 Å². The van der Waals surface area contributed by atoms with Gasteiger partial charge in [0.1, 0.15) is 5.71 Å². The molecule has 0 aromatic heterocycles. The number of hydrogen-bond donors (Lipinski definition) is 1. The van der Waals surface area contributed by atoms with Gasteiger partial charge in [-0.05, 0) is 54.0 Å². The summed E-state index contributed by atoms with van der Waals surface area (Å²) >= 11 is 5.86. The Kier molecular flexibility index (Phi) is 6.78. The minimum atomic E-state index is -0.330. The van der Waals surface area contributed by atoms with Crippen LogP contribution in [-0.4, -0.2) is 11.6 Å². The Labute approximate surface area is 169 Å². The fourth-order valence-corrected chi connectivity index (χ4v) is 2.41. The molecule has 0 heterocycles. The number of halogens is 1. The van der Waals surface area contributed by atoms with E-state index in [2.05, 4.69) is 22.4 Å². The number of hydrogen-bond acceptors (Lipinski definition) is 2. The Morgan fingerprint density at radius 2 is 1.54 bits per heavy atom. The molecule has 0 saturated heterocycles. The molecule has 0 aliphatic carbocycles. The standard InChI is InChI=1S/C24H17ClN2O/c25-22-15-13-21(14-16-22)24(28)27-26-23(17-11-19-7-3-1-4-8-19)18-12-20-9-5-2-6-10-20/h1-11,13-17H,(H,27,28). The molecule has 0 bridgehead atoms. The van der Waals surface area contributed by atoms with Gasteiger partial charge < -0.3 is 0 Å². The van der Waals surface area contributed by atoms with Crippen molar-refractivity contribution in [2.24, 2.45) is 5.10 Å². The topological polar surface area (TPSA) is 41.5 Å². The summed E-state index contributed by atoms with van der Waals surface area (Å²) in [6.07, 6.45) is 3.67. The number of amides is 1. The summed E-state index contributed by atoms with van der Waals surface area (Å²) < 4.78 is 0. The van der Waals surface area contributed by atoms with Crippen LogP contribution in [0.2, 0.25) is 5.02 Å². The Bertz CT molecular complexity index is 1040. The van der Waals surface area contributed by atoms with Crippen LogP contribution in [0.3, 0.4) is 0 Å². The average Bonchev–Trinajstić information content (AvgIpc) is 2.75.